The number of allylic oxidation sites excluding steroid dienone is 3. The summed E-state index contributed by atoms with van der Waals surface area (Å²) in [6.45, 7) is 8.78. The fraction of sp³-hybridized carbons (Fsp3) is 0.846. The van der Waals surface area contributed by atoms with E-state index in [2.05, 4.69) is 50.0 Å². The third-order valence-corrected chi connectivity index (χ3v) is 8.71. The second-order valence-corrected chi connectivity index (χ2v) is 12.8. The van der Waals surface area contributed by atoms with Crippen LogP contribution in [0.2, 0.25) is 0 Å². The third kappa shape index (κ3) is 28.4. The molecule has 0 saturated heterocycles. The molecule has 0 aliphatic carbocycles. The number of nitriles is 2. The van der Waals surface area contributed by atoms with Crippen LogP contribution in [0.25, 0.3) is 0 Å². The van der Waals surface area contributed by atoms with Gasteiger partial charge in [0.25, 0.3) is 0 Å². The van der Waals surface area contributed by atoms with Gasteiger partial charge >= 0.3 is 0 Å². The zero-order valence-corrected chi connectivity index (χ0v) is 28.4. The lowest BCUT2D eigenvalue weighted by molar-refractivity contribution is 0.405. The number of unbranched alkanes of at least 4 members (excludes halogenated alkanes) is 23. The van der Waals surface area contributed by atoms with Crippen molar-refractivity contribution in [3.63, 3.8) is 0 Å². The van der Waals surface area contributed by atoms with Gasteiger partial charge in [0.15, 0.2) is 0 Å². The van der Waals surface area contributed by atoms with Crippen molar-refractivity contribution in [2.45, 2.75) is 206 Å². The maximum Gasteiger partial charge on any atom is 0.0677 e. The van der Waals surface area contributed by atoms with Crippen LogP contribution in [0.1, 0.15) is 200 Å². The highest BCUT2D eigenvalue weighted by Gasteiger charge is 2.21. The van der Waals surface area contributed by atoms with E-state index in [9.17, 15) is 10.5 Å². The van der Waals surface area contributed by atoms with Crippen molar-refractivity contribution < 1.29 is 0 Å². The summed E-state index contributed by atoms with van der Waals surface area (Å²) < 4.78 is 0. The molecule has 0 aromatic carbocycles. The molecular formula is C39H71N3. The predicted molar refractivity (Wildman–Crippen MR) is 185 cm³/mol. The van der Waals surface area contributed by atoms with Crippen molar-refractivity contribution in [2.24, 2.45) is 5.92 Å². The first-order chi connectivity index (χ1) is 20.7. The van der Waals surface area contributed by atoms with Gasteiger partial charge in [-0.3, -0.25) is 0 Å². The molecule has 0 heterocycles. The summed E-state index contributed by atoms with van der Waals surface area (Å²) in [4.78, 5) is 0. The van der Waals surface area contributed by atoms with Crippen molar-refractivity contribution >= 4 is 0 Å². The molecule has 0 radical (unpaired) electrons. The summed E-state index contributed by atoms with van der Waals surface area (Å²) in [5.74, 6) is -0.108. The number of hydrogen-bond donors (Lipinski definition) is 1. The average molecular weight is 582 g/mol. The lowest BCUT2D eigenvalue weighted by Gasteiger charge is -2.23. The van der Waals surface area contributed by atoms with E-state index < -0.39 is 0 Å². The van der Waals surface area contributed by atoms with Crippen molar-refractivity contribution in [1.82, 2.24) is 5.32 Å². The van der Waals surface area contributed by atoms with Crippen molar-refractivity contribution in [1.29, 1.82) is 10.5 Å². The normalized spacial score (nSPS) is 12.7. The first kappa shape index (κ1) is 40.3. The highest BCUT2D eigenvalue weighted by molar-refractivity contribution is 5.03. The first-order valence-electron chi connectivity index (χ1n) is 18.5. The van der Waals surface area contributed by atoms with Gasteiger partial charge in [-0.25, -0.2) is 0 Å². The molecule has 3 heteroatoms. The van der Waals surface area contributed by atoms with Gasteiger partial charge in [0.1, 0.15) is 0 Å². The predicted octanol–water partition coefficient (Wildman–Crippen LogP) is 13.0. The van der Waals surface area contributed by atoms with Gasteiger partial charge in [0, 0.05) is 5.70 Å². The van der Waals surface area contributed by atoms with E-state index in [4.69, 9.17) is 0 Å². The molecule has 0 bridgehead atoms. The molecule has 3 nitrogen and oxygen atoms in total. The summed E-state index contributed by atoms with van der Waals surface area (Å²) in [6, 6.07) is 4.71. The lowest BCUT2D eigenvalue weighted by Crippen LogP contribution is -2.34. The summed E-state index contributed by atoms with van der Waals surface area (Å²) in [6.07, 6.45) is 41.3. The quantitative estimate of drug-likeness (QED) is 0.0619. The molecular weight excluding hydrogens is 510 g/mol. The summed E-state index contributed by atoms with van der Waals surface area (Å²) in [5.41, 5.74) is 0.999. The van der Waals surface area contributed by atoms with Gasteiger partial charge in [0.05, 0.1) is 30.5 Å². The lowest BCUT2D eigenvalue weighted by atomic mass is 9.92. The summed E-state index contributed by atoms with van der Waals surface area (Å²) in [5, 5.41) is 22.6. The molecule has 0 spiro atoms. The summed E-state index contributed by atoms with van der Waals surface area (Å²) >= 11 is 0. The maximum absolute atomic E-state index is 9.81. The van der Waals surface area contributed by atoms with Gasteiger partial charge in [-0.2, -0.15) is 10.5 Å². The smallest absolute Gasteiger partial charge is 0.0677 e. The Hall–Kier alpha value is -1.74. The molecule has 0 fully saturated rings. The van der Waals surface area contributed by atoms with Gasteiger partial charge in [0.2, 0.25) is 0 Å². The SMILES string of the molecule is C=C(CCCCCCC/C=C\CCCCCCCC)NC(CC#N)C(C#N)CCCCCCCCCCCCCCC. The Labute approximate surface area is 264 Å². The van der Waals surface area contributed by atoms with Crippen LogP contribution in [0.5, 0.6) is 0 Å². The Kier molecular flexibility index (Phi) is 32.4. The van der Waals surface area contributed by atoms with Gasteiger partial charge in [-0.05, 0) is 44.9 Å². The van der Waals surface area contributed by atoms with Crippen molar-refractivity contribution in [3.8, 4) is 12.1 Å². The molecule has 0 rings (SSSR count). The molecule has 0 amide bonds. The number of hydrogen-bond acceptors (Lipinski definition) is 3. The molecule has 0 saturated carbocycles. The second-order valence-electron chi connectivity index (χ2n) is 12.8. The third-order valence-electron chi connectivity index (χ3n) is 8.71. The van der Waals surface area contributed by atoms with Crippen LogP contribution in [-0.2, 0) is 0 Å². The van der Waals surface area contributed by atoms with Gasteiger partial charge < -0.3 is 5.32 Å². The molecule has 2 unspecified atom stereocenters. The Morgan fingerprint density at radius 3 is 1.43 bits per heavy atom. The van der Waals surface area contributed by atoms with Crippen molar-refractivity contribution in [2.75, 3.05) is 0 Å². The van der Waals surface area contributed by atoms with E-state index in [1.165, 1.54) is 154 Å². The number of nitrogens with one attached hydrogen (secondary N) is 1. The Morgan fingerprint density at radius 2 is 1.00 bits per heavy atom. The molecule has 1 N–H and O–H groups in total. The minimum absolute atomic E-state index is 0.0899. The molecule has 0 aliphatic rings. The van der Waals surface area contributed by atoms with E-state index >= 15 is 0 Å². The van der Waals surface area contributed by atoms with E-state index in [-0.39, 0.29) is 12.0 Å². The van der Waals surface area contributed by atoms with Gasteiger partial charge in [-0.15, -0.1) is 0 Å². The summed E-state index contributed by atoms with van der Waals surface area (Å²) in [7, 11) is 0. The van der Waals surface area contributed by atoms with Gasteiger partial charge in [-0.1, -0.05) is 167 Å². The molecule has 0 aliphatic heterocycles. The number of nitrogens with zero attached hydrogens (tertiary/aromatic N) is 2. The minimum atomic E-state index is -0.108. The van der Waals surface area contributed by atoms with E-state index in [1.54, 1.807) is 0 Å². The number of rotatable bonds is 33. The van der Waals surface area contributed by atoms with E-state index in [0.717, 1.165) is 31.4 Å². The Bertz CT molecular complexity index is 683. The highest BCUT2D eigenvalue weighted by atomic mass is 14.9. The highest BCUT2D eigenvalue weighted by Crippen LogP contribution is 2.20. The molecule has 242 valence electrons. The van der Waals surface area contributed by atoms with Crippen LogP contribution in [-0.4, -0.2) is 6.04 Å². The van der Waals surface area contributed by atoms with Crippen LogP contribution in [0.15, 0.2) is 24.4 Å². The fourth-order valence-electron chi connectivity index (χ4n) is 5.87. The Morgan fingerprint density at radius 1 is 0.595 bits per heavy atom. The maximum atomic E-state index is 9.81. The zero-order valence-electron chi connectivity index (χ0n) is 28.4. The van der Waals surface area contributed by atoms with Crippen LogP contribution in [0.4, 0.5) is 0 Å². The Balaban J connectivity index is 3.83. The van der Waals surface area contributed by atoms with Crippen LogP contribution >= 0.6 is 0 Å². The topological polar surface area (TPSA) is 59.6 Å². The minimum Gasteiger partial charge on any atom is -0.384 e. The average Bonchev–Trinajstić information content (AvgIpc) is 2.99. The monoisotopic (exact) mass is 582 g/mol. The second kappa shape index (κ2) is 33.8. The standard InChI is InChI=1S/C39H71N3/c1-4-6-8-10-12-14-16-18-19-21-22-24-26-28-30-32-37(3)42-39(34-35-40)38(36-41)33-31-29-27-25-23-20-17-15-13-11-9-7-5-2/h18-19,38-39,42H,3-17,20-34H2,1-2H3/b19-18-. The first-order valence-corrected chi connectivity index (χ1v) is 18.5. The largest absolute Gasteiger partial charge is 0.384 e. The molecule has 42 heavy (non-hydrogen) atoms. The van der Waals surface area contributed by atoms with Crippen molar-refractivity contribution in [3.05, 3.63) is 24.4 Å². The molecule has 2 atom stereocenters. The van der Waals surface area contributed by atoms with Crippen LogP contribution < -0.4 is 5.32 Å². The zero-order chi connectivity index (χ0) is 30.8. The van der Waals surface area contributed by atoms with E-state index in [1.807, 2.05) is 0 Å². The van der Waals surface area contributed by atoms with Crippen LogP contribution in [0.3, 0.4) is 0 Å². The molecule has 0 aromatic rings. The van der Waals surface area contributed by atoms with E-state index in [0.29, 0.717) is 6.42 Å². The van der Waals surface area contributed by atoms with Crippen LogP contribution in [0, 0.1) is 28.6 Å². The molecule has 0 aromatic heterocycles. The fourth-order valence-corrected chi connectivity index (χ4v) is 5.87.